The number of nitrogens with zero attached hydrogens (tertiary/aromatic N) is 1. The standard InChI is InChI=1S/C17H28N2/c1-14(16-9-4-3-5-10-16)12-17(13-18)19-11-7-6-8-15(19)2/h3-5,9-10,14-15,17H,6-8,11-13,18H2,1-2H3. The van der Waals surface area contributed by atoms with Gasteiger partial charge >= 0.3 is 0 Å². The molecule has 1 heterocycles. The van der Waals surface area contributed by atoms with E-state index in [4.69, 9.17) is 5.73 Å². The summed E-state index contributed by atoms with van der Waals surface area (Å²) in [6.45, 7) is 6.69. The molecule has 0 radical (unpaired) electrons. The van der Waals surface area contributed by atoms with Crippen molar-refractivity contribution in [2.45, 2.75) is 57.5 Å². The van der Waals surface area contributed by atoms with Crippen molar-refractivity contribution in [3.63, 3.8) is 0 Å². The van der Waals surface area contributed by atoms with Crippen LogP contribution in [0.2, 0.25) is 0 Å². The molecule has 1 aromatic carbocycles. The van der Waals surface area contributed by atoms with E-state index < -0.39 is 0 Å². The van der Waals surface area contributed by atoms with Gasteiger partial charge in [-0.15, -0.1) is 0 Å². The van der Waals surface area contributed by atoms with Crippen molar-refractivity contribution in [2.75, 3.05) is 13.1 Å². The number of likely N-dealkylation sites (tertiary alicyclic amines) is 1. The topological polar surface area (TPSA) is 29.3 Å². The highest BCUT2D eigenvalue weighted by Gasteiger charge is 2.26. The van der Waals surface area contributed by atoms with Gasteiger partial charge in [0.2, 0.25) is 0 Å². The number of piperidine rings is 1. The molecule has 1 saturated heterocycles. The summed E-state index contributed by atoms with van der Waals surface area (Å²) in [5.41, 5.74) is 7.49. The van der Waals surface area contributed by atoms with Gasteiger partial charge in [-0.25, -0.2) is 0 Å². The first-order chi connectivity index (χ1) is 9.22. The van der Waals surface area contributed by atoms with Crippen molar-refractivity contribution in [2.24, 2.45) is 5.73 Å². The van der Waals surface area contributed by atoms with Gasteiger partial charge in [0.25, 0.3) is 0 Å². The number of nitrogens with two attached hydrogens (primary N) is 1. The first-order valence-electron chi connectivity index (χ1n) is 7.73. The van der Waals surface area contributed by atoms with E-state index in [2.05, 4.69) is 49.1 Å². The molecule has 2 N–H and O–H groups in total. The zero-order valence-electron chi connectivity index (χ0n) is 12.4. The fraction of sp³-hybridized carbons (Fsp3) is 0.647. The van der Waals surface area contributed by atoms with Crippen LogP contribution in [0.15, 0.2) is 30.3 Å². The summed E-state index contributed by atoms with van der Waals surface area (Å²) in [5, 5.41) is 0. The maximum absolute atomic E-state index is 6.05. The van der Waals surface area contributed by atoms with E-state index in [1.54, 1.807) is 0 Å². The van der Waals surface area contributed by atoms with Crippen LogP contribution < -0.4 is 5.73 Å². The van der Waals surface area contributed by atoms with E-state index in [-0.39, 0.29) is 0 Å². The molecule has 0 spiro atoms. The normalized spacial score (nSPS) is 24.1. The highest BCUT2D eigenvalue weighted by Crippen LogP contribution is 2.26. The van der Waals surface area contributed by atoms with Crippen molar-refractivity contribution in [1.82, 2.24) is 4.90 Å². The average molecular weight is 260 g/mol. The summed E-state index contributed by atoms with van der Waals surface area (Å²) in [6.07, 6.45) is 5.21. The van der Waals surface area contributed by atoms with Crippen molar-refractivity contribution in [3.8, 4) is 0 Å². The van der Waals surface area contributed by atoms with E-state index in [0.29, 0.717) is 18.0 Å². The number of benzene rings is 1. The lowest BCUT2D eigenvalue weighted by Gasteiger charge is -2.40. The fourth-order valence-electron chi connectivity index (χ4n) is 3.36. The summed E-state index contributed by atoms with van der Waals surface area (Å²) < 4.78 is 0. The molecule has 1 aliphatic heterocycles. The average Bonchev–Trinajstić information content (AvgIpc) is 2.46. The van der Waals surface area contributed by atoms with Gasteiger partial charge in [-0.2, -0.15) is 0 Å². The fourth-order valence-corrected chi connectivity index (χ4v) is 3.36. The monoisotopic (exact) mass is 260 g/mol. The van der Waals surface area contributed by atoms with E-state index in [1.807, 2.05) is 0 Å². The van der Waals surface area contributed by atoms with Gasteiger partial charge in [-0.1, -0.05) is 43.7 Å². The number of rotatable bonds is 5. The molecular weight excluding hydrogens is 232 g/mol. The Labute approximate surface area is 118 Å². The molecule has 19 heavy (non-hydrogen) atoms. The predicted octanol–water partition coefficient (Wildman–Crippen LogP) is 3.38. The zero-order chi connectivity index (χ0) is 13.7. The molecule has 2 rings (SSSR count). The van der Waals surface area contributed by atoms with Gasteiger partial charge in [0.1, 0.15) is 0 Å². The van der Waals surface area contributed by atoms with Crippen molar-refractivity contribution in [3.05, 3.63) is 35.9 Å². The van der Waals surface area contributed by atoms with Crippen molar-refractivity contribution < 1.29 is 0 Å². The Hall–Kier alpha value is -0.860. The van der Waals surface area contributed by atoms with Crippen LogP contribution in [0, 0.1) is 0 Å². The van der Waals surface area contributed by atoms with Crippen LogP contribution in [0.3, 0.4) is 0 Å². The SMILES string of the molecule is CC(CC(CN)N1CCCCC1C)c1ccccc1. The lowest BCUT2D eigenvalue weighted by molar-refractivity contribution is 0.1000. The molecule has 0 aromatic heterocycles. The van der Waals surface area contributed by atoms with Gasteiger partial charge in [0, 0.05) is 18.6 Å². The predicted molar refractivity (Wildman–Crippen MR) is 82.3 cm³/mol. The van der Waals surface area contributed by atoms with Crippen LogP contribution in [0.5, 0.6) is 0 Å². The summed E-state index contributed by atoms with van der Waals surface area (Å²) in [4.78, 5) is 2.64. The first kappa shape index (κ1) is 14.5. The van der Waals surface area contributed by atoms with Crippen LogP contribution in [-0.2, 0) is 0 Å². The smallest absolute Gasteiger partial charge is 0.0226 e. The minimum Gasteiger partial charge on any atom is -0.329 e. The van der Waals surface area contributed by atoms with Gasteiger partial charge in [0.15, 0.2) is 0 Å². The molecule has 3 atom stereocenters. The van der Waals surface area contributed by atoms with Crippen LogP contribution >= 0.6 is 0 Å². The minimum atomic E-state index is 0.533. The maximum atomic E-state index is 6.05. The van der Waals surface area contributed by atoms with E-state index >= 15 is 0 Å². The Morgan fingerprint density at radius 2 is 2.00 bits per heavy atom. The minimum absolute atomic E-state index is 0.533. The molecule has 106 valence electrons. The summed E-state index contributed by atoms with van der Waals surface area (Å²) in [7, 11) is 0. The van der Waals surface area contributed by atoms with Crippen molar-refractivity contribution in [1.29, 1.82) is 0 Å². The molecule has 1 aliphatic rings. The molecule has 2 nitrogen and oxygen atoms in total. The van der Waals surface area contributed by atoms with Crippen LogP contribution in [0.25, 0.3) is 0 Å². The lowest BCUT2D eigenvalue weighted by atomic mass is 9.91. The number of hydrogen-bond donors (Lipinski definition) is 1. The Bertz CT molecular complexity index is 363. The van der Waals surface area contributed by atoms with Crippen LogP contribution in [0.4, 0.5) is 0 Å². The molecule has 1 aromatic rings. The molecule has 1 fully saturated rings. The quantitative estimate of drug-likeness (QED) is 0.879. The first-order valence-corrected chi connectivity index (χ1v) is 7.73. The van der Waals surface area contributed by atoms with Crippen LogP contribution in [0.1, 0.15) is 51.0 Å². The second kappa shape index (κ2) is 7.06. The van der Waals surface area contributed by atoms with E-state index in [0.717, 1.165) is 6.54 Å². The molecule has 0 bridgehead atoms. The zero-order valence-corrected chi connectivity index (χ0v) is 12.4. The van der Waals surface area contributed by atoms with Crippen molar-refractivity contribution >= 4 is 0 Å². The van der Waals surface area contributed by atoms with Gasteiger partial charge in [0.05, 0.1) is 0 Å². The van der Waals surface area contributed by atoms with E-state index in [9.17, 15) is 0 Å². The highest BCUT2D eigenvalue weighted by molar-refractivity contribution is 5.19. The maximum Gasteiger partial charge on any atom is 0.0226 e. The number of hydrogen-bond acceptors (Lipinski definition) is 2. The second-order valence-electron chi connectivity index (χ2n) is 6.02. The highest BCUT2D eigenvalue weighted by atomic mass is 15.2. The molecular formula is C17H28N2. The third kappa shape index (κ3) is 3.80. The molecule has 0 saturated carbocycles. The Balaban J connectivity index is 1.98. The summed E-state index contributed by atoms with van der Waals surface area (Å²) >= 11 is 0. The Morgan fingerprint density at radius 1 is 1.26 bits per heavy atom. The van der Waals surface area contributed by atoms with Gasteiger partial charge in [-0.05, 0) is 44.2 Å². The summed E-state index contributed by atoms with van der Waals surface area (Å²) in [6, 6.07) is 12.1. The molecule has 3 unspecified atom stereocenters. The van der Waals surface area contributed by atoms with Gasteiger partial charge < -0.3 is 5.73 Å². The third-order valence-electron chi connectivity index (χ3n) is 4.59. The molecule has 2 heteroatoms. The van der Waals surface area contributed by atoms with Gasteiger partial charge in [-0.3, -0.25) is 4.90 Å². The van der Waals surface area contributed by atoms with E-state index in [1.165, 1.54) is 37.8 Å². The molecule has 0 amide bonds. The third-order valence-corrected chi connectivity index (χ3v) is 4.59. The lowest BCUT2D eigenvalue weighted by Crippen LogP contribution is -2.48. The molecule has 0 aliphatic carbocycles. The van der Waals surface area contributed by atoms with Crippen LogP contribution in [-0.4, -0.2) is 30.1 Å². The largest absolute Gasteiger partial charge is 0.329 e. The second-order valence-corrected chi connectivity index (χ2v) is 6.02. The Kier molecular flexibility index (Phi) is 5.41. The summed E-state index contributed by atoms with van der Waals surface area (Å²) in [5.74, 6) is 0.587. The Morgan fingerprint density at radius 3 is 2.63 bits per heavy atom.